The molecule has 1 N–H and O–H groups in total. The van der Waals surface area contributed by atoms with Crippen LogP contribution in [0.4, 0.5) is 11.4 Å². The van der Waals surface area contributed by atoms with E-state index in [1.165, 1.54) is 6.07 Å². The molecule has 0 radical (unpaired) electrons. The molecule has 104 valence electrons. The first-order valence-corrected chi connectivity index (χ1v) is 6.89. The van der Waals surface area contributed by atoms with Crippen molar-refractivity contribution in [1.82, 2.24) is 10.2 Å². The number of hydrogen-bond acceptors (Lipinski definition) is 5. The molecule has 1 aromatic heterocycles. The highest BCUT2D eigenvalue weighted by atomic mass is 79.9. The van der Waals surface area contributed by atoms with Crippen LogP contribution in [0.1, 0.15) is 5.69 Å². The van der Waals surface area contributed by atoms with Gasteiger partial charge in [0.1, 0.15) is 5.69 Å². The number of hydrogen-bond donors (Lipinski definition) is 1. The standard InChI is InChI=1S/C12H10BrClN4O2/c13-8-1-3-11(18(19)20)10(7-8)15-6-5-9-2-4-12(14)17-16-9/h1-4,7,15H,5-6H2. The van der Waals surface area contributed by atoms with Crippen LogP contribution in [-0.2, 0) is 6.42 Å². The lowest BCUT2D eigenvalue weighted by atomic mass is 10.2. The molecular weight excluding hydrogens is 348 g/mol. The number of nitrogens with zero attached hydrogens (tertiary/aromatic N) is 3. The highest BCUT2D eigenvalue weighted by Gasteiger charge is 2.13. The van der Waals surface area contributed by atoms with Gasteiger partial charge in [-0.2, -0.15) is 5.10 Å². The van der Waals surface area contributed by atoms with Crippen LogP contribution >= 0.6 is 27.5 Å². The Bertz CT molecular complexity index is 621. The third-order valence-corrected chi connectivity index (χ3v) is 3.23. The lowest BCUT2D eigenvalue weighted by molar-refractivity contribution is -0.384. The molecule has 2 aromatic rings. The first-order chi connectivity index (χ1) is 9.56. The van der Waals surface area contributed by atoms with Gasteiger partial charge in [-0.25, -0.2) is 0 Å². The van der Waals surface area contributed by atoms with E-state index in [0.29, 0.717) is 23.8 Å². The molecule has 0 aliphatic carbocycles. The molecule has 0 amide bonds. The maximum atomic E-state index is 10.9. The summed E-state index contributed by atoms with van der Waals surface area (Å²) >= 11 is 8.94. The van der Waals surface area contributed by atoms with Gasteiger partial charge in [0, 0.05) is 23.5 Å². The second-order valence-corrected chi connectivity index (χ2v) is 5.25. The zero-order valence-corrected chi connectivity index (χ0v) is 12.6. The lowest BCUT2D eigenvalue weighted by Gasteiger charge is -2.07. The van der Waals surface area contributed by atoms with Crippen molar-refractivity contribution in [2.45, 2.75) is 6.42 Å². The summed E-state index contributed by atoms with van der Waals surface area (Å²) in [6.45, 7) is 0.508. The highest BCUT2D eigenvalue weighted by Crippen LogP contribution is 2.27. The van der Waals surface area contributed by atoms with Crippen LogP contribution < -0.4 is 5.32 Å². The van der Waals surface area contributed by atoms with E-state index < -0.39 is 4.92 Å². The third-order valence-electron chi connectivity index (χ3n) is 2.54. The molecule has 1 aromatic carbocycles. The second kappa shape index (κ2) is 6.62. The molecule has 1 heterocycles. The molecule has 0 spiro atoms. The average molecular weight is 358 g/mol. The van der Waals surface area contributed by atoms with Gasteiger partial charge in [0.25, 0.3) is 5.69 Å². The van der Waals surface area contributed by atoms with Crippen molar-refractivity contribution in [2.75, 3.05) is 11.9 Å². The van der Waals surface area contributed by atoms with Crippen LogP contribution in [0.3, 0.4) is 0 Å². The summed E-state index contributed by atoms with van der Waals surface area (Å²) < 4.78 is 0.775. The first-order valence-electron chi connectivity index (χ1n) is 5.72. The van der Waals surface area contributed by atoms with Crippen molar-refractivity contribution in [2.24, 2.45) is 0 Å². The van der Waals surface area contributed by atoms with E-state index in [2.05, 4.69) is 31.4 Å². The molecule has 0 unspecified atom stereocenters. The topological polar surface area (TPSA) is 81.0 Å². The van der Waals surface area contributed by atoms with Crippen LogP contribution in [0.15, 0.2) is 34.8 Å². The van der Waals surface area contributed by atoms with Crippen molar-refractivity contribution >= 4 is 38.9 Å². The lowest BCUT2D eigenvalue weighted by Crippen LogP contribution is -2.08. The molecule has 0 fully saturated rings. The molecule has 20 heavy (non-hydrogen) atoms. The van der Waals surface area contributed by atoms with Crippen molar-refractivity contribution in [3.8, 4) is 0 Å². The summed E-state index contributed by atoms with van der Waals surface area (Å²) in [4.78, 5) is 10.5. The van der Waals surface area contributed by atoms with Gasteiger partial charge < -0.3 is 5.32 Å². The zero-order chi connectivity index (χ0) is 14.5. The predicted molar refractivity (Wildman–Crippen MR) is 80.0 cm³/mol. The fourth-order valence-electron chi connectivity index (χ4n) is 1.61. The molecule has 2 rings (SSSR count). The number of rotatable bonds is 5. The van der Waals surface area contributed by atoms with Crippen molar-refractivity contribution in [3.63, 3.8) is 0 Å². The molecule has 0 atom stereocenters. The summed E-state index contributed by atoms with van der Waals surface area (Å²) in [5, 5.41) is 21.9. The Labute approximate surface area is 128 Å². The Kier molecular flexibility index (Phi) is 4.86. The summed E-state index contributed by atoms with van der Waals surface area (Å²) in [7, 11) is 0. The van der Waals surface area contributed by atoms with E-state index >= 15 is 0 Å². The minimum absolute atomic E-state index is 0.0374. The fraction of sp³-hybridized carbons (Fsp3) is 0.167. The van der Waals surface area contributed by atoms with E-state index in [-0.39, 0.29) is 5.69 Å². The van der Waals surface area contributed by atoms with E-state index in [1.54, 1.807) is 24.3 Å². The number of nitrogens with one attached hydrogen (secondary N) is 1. The zero-order valence-electron chi connectivity index (χ0n) is 10.2. The molecule has 0 saturated carbocycles. The summed E-state index contributed by atoms with van der Waals surface area (Å²) in [5.41, 5.74) is 1.27. The maximum Gasteiger partial charge on any atom is 0.292 e. The molecular formula is C12H10BrClN4O2. The van der Waals surface area contributed by atoms with E-state index in [1.807, 2.05) is 0 Å². The van der Waals surface area contributed by atoms with Gasteiger partial charge in [-0.1, -0.05) is 27.5 Å². The number of halogens is 2. The van der Waals surface area contributed by atoms with Crippen LogP contribution in [0, 0.1) is 10.1 Å². The minimum Gasteiger partial charge on any atom is -0.379 e. The Hall–Kier alpha value is -1.73. The molecule has 6 nitrogen and oxygen atoms in total. The van der Waals surface area contributed by atoms with Crippen LogP contribution in [-0.4, -0.2) is 21.7 Å². The SMILES string of the molecule is O=[N+]([O-])c1ccc(Br)cc1NCCc1ccc(Cl)nn1. The number of nitro benzene ring substituents is 1. The Morgan fingerprint density at radius 1 is 1.30 bits per heavy atom. The number of anilines is 1. The van der Waals surface area contributed by atoms with E-state index in [9.17, 15) is 10.1 Å². The van der Waals surface area contributed by atoms with Gasteiger partial charge in [0.05, 0.1) is 10.6 Å². The second-order valence-electron chi connectivity index (χ2n) is 3.94. The molecule has 0 bridgehead atoms. The smallest absolute Gasteiger partial charge is 0.292 e. The third kappa shape index (κ3) is 3.88. The van der Waals surface area contributed by atoms with Gasteiger partial charge in [0.15, 0.2) is 5.15 Å². The number of nitro groups is 1. The van der Waals surface area contributed by atoms with E-state index in [4.69, 9.17) is 11.6 Å². The van der Waals surface area contributed by atoms with Crippen LogP contribution in [0.2, 0.25) is 5.15 Å². The van der Waals surface area contributed by atoms with Crippen molar-refractivity contribution in [3.05, 3.63) is 55.8 Å². The normalized spacial score (nSPS) is 10.3. The first kappa shape index (κ1) is 14.7. The fourth-order valence-corrected chi connectivity index (χ4v) is 2.07. The Balaban J connectivity index is 2.02. The van der Waals surface area contributed by atoms with Crippen molar-refractivity contribution < 1.29 is 4.92 Å². The molecule has 8 heteroatoms. The number of benzene rings is 1. The highest BCUT2D eigenvalue weighted by molar-refractivity contribution is 9.10. The van der Waals surface area contributed by atoms with Gasteiger partial charge in [-0.3, -0.25) is 10.1 Å². The van der Waals surface area contributed by atoms with E-state index in [0.717, 1.165) is 10.2 Å². The average Bonchev–Trinajstić information content (AvgIpc) is 2.41. The number of aromatic nitrogens is 2. The monoisotopic (exact) mass is 356 g/mol. The summed E-state index contributed by atoms with van der Waals surface area (Å²) in [6, 6.07) is 8.19. The quantitative estimate of drug-likeness (QED) is 0.654. The van der Waals surface area contributed by atoms with Gasteiger partial charge in [0.2, 0.25) is 0 Å². The van der Waals surface area contributed by atoms with Crippen molar-refractivity contribution in [1.29, 1.82) is 0 Å². The van der Waals surface area contributed by atoms with Gasteiger partial charge in [-0.15, -0.1) is 5.10 Å². The van der Waals surface area contributed by atoms with Crippen LogP contribution in [0.25, 0.3) is 0 Å². The maximum absolute atomic E-state index is 10.9. The van der Waals surface area contributed by atoms with Crippen LogP contribution in [0.5, 0.6) is 0 Å². The van der Waals surface area contributed by atoms with Gasteiger partial charge >= 0.3 is 0 Å². The predicted octanol–water partition coefficient (Wildman–Crippen LogP) is 3.46. The Morgan fingerprint density at radius 2 is 2.10 bits per heavy atom. The molecule has 0 aliphatic rings. The summed E-state index contributed by atoms with van der Waals surface area (Å²) in [5.74, 6) is 0. The largest absolute Gasteiger partial charge is 0.379 e. The minimum atomic E-state index is -0.420. The van der Waals surface area contributed by atoms with Gasteiger partial charge in [-0.05, 0) is 24.3 Å². The summed E-state index contributed by atoms with van der Waals surface area (Å²) in [6.07, 6.45) is 0.591. The molecule has 0 aliphatic heterocycles. The Morgan fingerprint density at radius 3 is 2.75 bits per heavy atom. The molecule has 0 saturated heterocycles.